The first-order valence-corrected chi connectivity index (χ1v) is 7.29. The highest BCUT2D eigenvalue weighted by Gasteiger charge is 2.12. The highest BCUT2D eigenvalue weighted by atomic mass is 79.9. The monoisotopic (exact) mass is 368 g/mol. The number of halogens is 2. The lowest BCUT2D eigenvalue weighted by atomic mass is 10.1. The van der Waals surface area contributed by atoms with Crippen molar-refractivity contribution in [2.45, 2.75) is 6.92 Å². The van der Waals surface area contributed by atoms with Gasteiger partial charge in [0, 0.05) is 26.8 Å². The Bertz CT molecular complexity index is 684. The average Bonchev–Trinajstić information content (AvgIpc) is 2.41. The van der Waals surface area contributed by atoms with Gasteiger partial charge in [0.2, 0.25) is 0 Å². The van der Waals surface area contributed by atoms with E-state index >= 15 is 0 Å². The second-order valence-electron chi connectivity index (χ2n) is 4.53. The van der Waals surface area contributed by atoms with Crippen molar-refractivity contribution in [3.63, 3.8) is 0 Å². The maximum absolute atomic E-state index is 12.3. The van der Waals surface area contributed by atoms with Crippen molar-refractivity contribution in [1.29, 1.82) is 0 Å². The molecular formula is C15H14BrClN2O2. The molecule has 0 aromatic heterocycles. The fourth-order valence-electron chi connectivity index (χ4n) is 1.87. The van der Waals surface area contributed by atoms with Gasteiger partial charge in [0.25, 0.3) is 5.91 Å². The predicted molar refractivity (Wildman–Crippen MR) is 89.2 cm³/mol. The van der Waals surface area contributed by atoms with Crippen molar-refractivity contribution >= 4 is 44.8 Å². The normalized spacial score (nSPS) is 10.3. The zero-order valence-corrected chi connectivity index (χ0v) is 13.9. The van der Waals surface area contributed by atoms with Gasteiger partial charge in [0.15, 0.2) is 0 Å². The fourth-order valence-corrected chi connectivity index (χ4v) is 2.53. The molecule has 2 aromatic rings. The lowest BCUT2D eigenvalue weighted by Gasteiger charge is -2.12. The summed E-state index contributed by atoms with van der Waals surface area (Å²) >= 11 is 9.36. The summed E-state index contributed by atoms with van der Waals surface area (Å²) in [5.41, 5.74) is 8.11. The molecule has 0 aliphatic heterocycles. The highest BCUT2D eigenvalue weighted by molar-refractivity contribution is 9.10. The summed E-state index contributed by atoms with van der Waals surface area (Å²) in [4.78, 5) is 12.3. The molecule has 21 heavy (non-hydrogen) atoms. The molecule has 3 N–H and O–H groups in total. The molecule has 0 atom stereocenters. The number of ether oxygens (including phenoxy) is 1. The van der Waals surface area contributed by atoms with E-state index in [9.17, 15) is 4.79 Å². The van der Waals surface area contributed by atoms with E-state index in [0.717, 1.165) is 10.0 Å². The molecule has 0 aliphatic carbocycles. The van der Waals surface area contributed by atoms with E-state index in [0.29, 0.717) is 27.7 Å². The van der Waals surface area contributed by atoms with Crippen LogP contribution in [0.5, 0.6) is 5.75 Å². The topological polar surface area (TPSA) is 64.3 Å². The van der Waals surface area contributed by atoms with Crippen LogP contribution in [0.1, 0.15) is 15.9 Å². The summed E-state index contributed by atoms with van der Waals surface area (Å²) in [7, 11) is 1.52. The van der Waals surface area contributed by atoms with Crippen molar-refractivity contribution in [3.05, 3.63) is 51.0 Å². The number of carbonyl (C=O) groups excluding carboxylic acids is 1. The summed E-state index contributed by atoms with van der Waals surface area (Å²) in [5, 5.41) is 3.38. The van der Waals surface area contributed by atoms with Crippen molar-refractivity contribution in [1.82, 2.24) is 0 Å². The Kier molecular flexibility index (Phi) is 4.75. The lowest BCUT2D eigenvalue weighted by molar-refractivity contribution is 0.102. The third-order valence-electron chi connectivity index (χ3n) is 2.91. The second kappa shape index (κ2) is 6.37. The molecule has 0 fully saturated rings. The van der Waals surface area contributed by atoms with E-state index in [2.05, 4.69) is 21.2 Å². The first-order valence-electron chi connectivity index (χ1n) is 6.12. The van der Waals surface area contributed by atoms with Gasteiger partial charge in [-0.1, -0.05) is 27.5 Å². The molecule has 0 spiro atoms. The molecule has 0 saturated carbocycles. The molecule has 1 amide bonds. The SMILES string of the molecule is COc1cc(Cl)c(C)cc1NC(=O)c1cc(N)cc(Br)c1. The number of anilines is 2. The van der Waals surface area contributed by atoms with Crippen LogP contribution >= 0.6 is 27.5 Å². The van der Waals surface area contributed by atoms with Gasteiger partial charge in [0.05, 0.1) is 12.8 Å². The van der Waals surface area contributed by atoms with Crippen LogP contribution in [0.15, 0.2) is 34.8 Å². The smallest absolute Gasteiger partial charge is 0.255 e. The minimum atomic E-state index is -0.275. The highest BCUT2D eigenvalue weighted by Crippen LogP contribution is 2.31. The van der Waals surface area contributed by atoms with Gasteiger partial charge >= 0.3 is 0 Å². The first-order chi connectivity index (χ1) is 9.90. The summed E-state index contributed by atoms with van der Waals surface area (Å²) in [6.07, 6.45) is 0. The minimum absolute atomic E-state index is 0.275. The van der Waals surface area contributed by atoms with Crippen LogP contribution in [0.4, 0.5) is 11.4 Å². The van der Waals surface area contributed by atoms with Crippen LogP contribution in [0, 0.1) is 6.92 Å². The number of methoxy groups -OCH3 is 1. The minimum Gasteiger partial charge on any atom is -0.495 e. The molecule has 0 radical (unpaired) electrons. The molecule has 2 aromatic carbocycles. The Morgan fingerprint density at radius 2 is 2.00 bits per heavy atom. The van der Waals surface area contributed by atoms with E-state index in [1.807, 2.05) is 6.92 Å². The summed E-state index contributed by atoms with van der Waals surface area (Å²) in [6, 6.07) is 8.46. The number of nitrogen functional groups attached to an aromatic ring is 1. The Morgan fingerprint density at radius 1 is 1.29 bits per heavy atom. The van der Waals surface area contributed by atoms with Gasteiger partial charge in [-0.15, -0.1) is 0 Å². The van der Waals surface area contributed by atoms with Gasteiger partial charge < -0.3 is 15.8 Å². The molecule has 110 valence electrons. The van der Waals surface area contributed by atoms with E-state index < -0.39 is 0 Å². The number of aryl methyl sites for hydroxylation is 1. The number of nitrogens with one attached hydrogen (secondary N) is 1. The number of rotatable bonds is 3. The van der Waals surface area contributed by atoms with Crippen molar-refractivity contribution in [2.75, 3.05) is 18.2 Å². The quantitative estimate of drug-likeness (QED) is 0.795. The second-order valence-corrected chi connectivity index (χ2v) is 5.85. The Balaban J connectivity index is 2.33. The van der Waals surface area contributed by atoms with Gasteiger partial charge in [0.1, 0.15) is 5.75 Å². The Hall–Kier alpha value is -1.72. The number of carbonyl (C=O) groups is 1. The zero-order chi connectivity index (χ0) is 15.6. The maximum atomic E-state index is 12.3. The molecule has 0 bridgehead atoms. The number of hydrogen-bond acceptors (Lipinski definition) is 3. The summed E-state index contributed by atoms with van der Waals surface area (Å²) in [6.45, 7) is 1.86. The van der Waals surface area contributed by atoms with Crippen LogP contribution in [-0.2, 0) is 0 Å². The third kappa shape index (κ3) is 3.68. The van der Waals surface area contributed by atoms with Crippen molar-refractivity contribution in [2.24, 2.45) is 0 Å². The zero-order valence-electron chi connectivity index (χ0n) is 11.5. The van der Waals surface area contributed by atoms with E-state index in [1.165, 1.54) is 7.11 Å². The predicted octanol–water partition coefficient (Wildman–Crippen LogP) is 4.25. The molecule has 4 nitrogen and oxygen atoms in total. The van der Waals surface area contributed by atoms with Crippen LogP contribution in [0.2, 0.25) is 5.02 Å². The third-order valence-corrected chi connectivity index (χ3v) is 3.78. The number of benzene rings is 2. The fraction of sp³-hybridized carbons (Fsp3) is 0.133. The molecule has 0 heterocycles. The number of hydrogen-bond donors (Lipinski definition) is 2. The van der Waals surface area contributed by atoms with E-state index in [-0.39, 0.29) is 5.91 Å². The Labute approximate surface area is 136 Å². The largest absolute Gasteiger partial charge is 0.495 e. The van der Waals surface area contributed by atoms with Crippen LogP contribution in [0.3, 0.4) is 0 Å². The first kappa shape index (κ1) is 15.7. The number of nitrogens with two attached hydrogens (primary N) is 1. The van der Waals surface area contributed by atoms with Crippen LogP contribution in [0.25, 0.3) is 0 Å². The van der Waals surface area contributed by atoms with E-state index in [4.69, 9.17) is 22.1 Å². The van der Waals surface area contributed by atoms with Gasteiger partial charge in [-0.3, -0.25) is 4.79 Å². The van der Waals surface area contributed by atoms with Crippen LogP contribution < -0.4 is 15.8 Å². The molecular weight excluding hydrogens is 356 g/mol. The molecule has 0 aliphatic rings. The molecule has 6 heteroatoms. The number of amides is 1. The standard InChI is InChI=1S/C15H14BrClN2O2/c1-8-3-13(14(21-2)7-12(8)17)19-15(20)9-4-10(16)6-11(18)5-9/h3-7H,18H2,1-2H3,(H,19,20). The van der Waals surface area contributed by atoms with Gasteiger partial charge in [-0.25, -0.2) is 0 Å². The molecule has 2 rings (SSSR count). The molecule has 0 saturated heterocycles. The van der Waals surface area contributed by atoms with Crippen molar-refractivity contribution < 1.29 is 9.53 Å². The van der Waals surface area contributed by atoms with Crippen LogP contribution in [-0.4, -0.2) is 13.0 Å². The molecule has 0 unspecified atom stereocenters. The summed E-state index contributed by atoms with van der Waals surface area (Å²) < 4.78 is 5.97. The van der Waals surface area contributed by atoms with Crippen molar-refractivity contribution in [3.8, 4) is 5.75 Å². The lowest BCUT2D eigenvalue weighted by Crippen LogP contribution is -2.13. The van der Waals surface area contributed by atoms with Gasteiger partial charge in [-0.05, 0) is 36.8 Å². The Morgan fingerprint density at radius 3 is 2.62 bits per heavy atom. The van der Waals surface area contributed by atoms with E-state index in [1.54, 1.807) is 30.3 Å². The maximum Gasteiger partial charge on any atom is 0.255 e. The van der Waals surface area contributed by atoms with Gasteiger partial charge in [-0.2, -0.15) is 0 Å². The average molecular weight is 370 g/mol. The summed E-state index contributed by atoms with van der Waals surface area (Å²) in [5.74, 6) is 0.227.